The lowest BCUT2D eigenvalue weighted by Crippen LogP contribution is -2.50. The van der Waals surface area contributed by atoms with E-state index in [4.69, 9.17) is 18.9 Å². The Morgan fingerprint density at radius 2 is 0.976 bits per heavy atom. The molecule has 42 heavy (non-hydrogen) atoms. The maximum absolute atomic E-state index is 10.3. The molecule has 0 aliphatic carbocycles. The van der Waals surface area contributed by atoms with E-state index in [1.165, 1.54) is 0 Å². The van der Waals surface area contributed by atoms with E-state index < -0.39 is 31.0 Å². The summed E-state index contributed by atoms with van der Waals surface area (Å²) in [7, 11) is 0. The predicted molar refractivity (Wildman–Crippen MR) is 161 cm³/mol. The summed E-state index contributed by atoms with van der Waals surface area (Å²) >= 11 is 0. The number of azide groups is 1. The van der Waals surface area contributed by atoms with Crippen LogP contribution in [0, 0.1) is 0 Å². The van der Waals surface area contributed by atoms with Crippen molar-refractivity contribution in [1.82, 2.24) is 0 Å². The van der Waals surface area contributed by atoms with Crippen LogP contribution in [0.15, 0.2) is 126 Å². The summed E-state index contributed by atoms with van der Waals surface area (Å²) < 4.78 is 25.6. The van der Waals surface area contributed by atoms with Crippen LogP contribution in [0.2, 0.25) is 0 Å². The van der Waals surface area contributed by atoms with Gasteiger partial charge in [0.1, 0.15) is 12.2 Å². The van der Waals surface area contributed by atoms with Crippen molar-refractivity contribution in [3.8, 4) is 0 Å². The highest BCUT2D eigenvalue weighted by Crippen LogP contribution is 2.23. The molecule has 8 nitrogen and oxygen atoms in total. The lowest BCUT2D eigenvalue weighted by molar-refractivity contribution is -0.174. The maximum Gasteiger partial charge on any atom is 0.113 e. The Labute approximate surface area is 247 Å². The van der Waals surface area contributed by atoms with Crippen molar-refractivity contribution in [3.05, 3.63) is 154 Å². The first-order valence-electron chi connectivity index (χ1n) is 14.0. The number of rotatable bonds is 18. The summed E-state index contributed by atoms with van der Waals surface area (Å²) in [6.45, 7) is 0.931. The molecule has 1 N–H and O–H groups in total. The van der Waals surface area contributed by atoms with Gasteiger partial charge >= 0.3 is 0 Å². The summed E-state index contributed by atoms with van der Waals surface area (Å²) in [5.74, 6) is 0. The summed E-state index contributed by atoms with van der Waals surface area (Å²) in [4.78, 5) is 3.00. The van der Waals surface area contributed by atoms with Gasteiger partial charge in [0.15, 0.2) is 0 Å². The molecule has 0 fully saturated rings. The van der Waals surface area contributed by atoms with Crippen molar-refractivity contribution < 1.29 is 24.1 Å². The fraction of sp³-hybridized carbons (Fsp3) is 0.294. The zero-order valence-electron chi connectivity index (χ0n) is 23.5. The second-order valence-corrected chi connectivity index (χ2v) is 9.81. The van der Waals surface area contributed by atoms with E-state index in [0.29, 0.717) is 13.2 Å². The first-order valence-corrected chi connectivity index (χ1v) is 14.0. The fourth-order valence-corrected chi connectivity index (χ4v) is 4.53. The summed E-state index contributed by atoms with van der Waals surface area (Å²) in [6.07, 6.45) is -2.21. The molecule has 4 aromatic carbocycles. The molecule has 0 bridgehead atoms. The van der Waals surface area contributed by atoms with E-state index >= 15 is 0 Å². The van der Waals surface area contributed by atoms with Gasteiger partial charge in [-0.05, 0) is 27.8 Å². The molecule has 0 spiro atoms. The number of hydrogen-bond acceptors (Lipinski definition) is 6. The van der Waals surface area contributed by atoms with Gasteiger partial charge in [-0.1, -0.05) is 126 Å². The molecule has 0 aliphatic heterocycles. The first kappa shape index (κ1) is 30.9. The average molecular weight is 568 g/mol. The minimum atomic E-state index is -0.920. The van der Waals surface area contributed by atoms with Crippen molar-refractivity contribution in [2.24, 2.45) is 5.11 Å². The first-order chi connectivity index (χ1) is 20.8. The van der Waals surface area contributed by atoms with Gasteiger partial charge in [-0.25, -0.2) is 0 Å². The highest BCUT2D eigenvalue weighted by molar-refractivity contribution is 5.16. The molecule has 0 heterocycles. The highest BCUT2D eigenvalue weighted by Gasteiger charge is 2.37. The third kappa shape index (κ3) is 10.1. The Bertz CT molecular complexity index is 1320. The Morgan fingerprint density at radius 1 is 0.571 bits per heavy atom. The van der Waals surface area contributed by atoms with Gasteiger partial charge in [0.2, 0.25) is 0 Å². The fourth-order valence-electron chi connectivity index (χ4n) is 4.53. The molecule has 4 aromatic rings. The monoisotopic (exact) mass is 567 g/mol. The van der Waals surface area contributed by atoms with Gasteiger partial charge in [-0.3, -0.25) is 0 Å². The van der Waals surface area contributed by atoms with Crippen molar-refractivity contribution in [1.29, 1.82) is 0 Å². The molecule has 0 saturated carbocycles. The quantitative estimate of drug-likeness (QED) is 0.0825. The number of aliphatic hydroxyl groups is 1. The second-order valence-electron chi connectivity index (χ2n) is 9.81. The zero-order valence-corrected chi connectivity index (χ0v) is 23.5. The third-order valence-electron chi connectivity index (χ3n) is 6.73. The van der Waals surface area contributed by atoms with Gasteiger partial charge in [-0.15, -0.1) is 0 Å². The lowest BCUT2D eigenvalue weighted by Gasteiger charge is -2.36. The predicted octanol–water partition coefficient (Wildman–Crippen LogP) is 6.63. The van der Waals surface area contributed by atoms with Crippen molar-refractivity contribution in [2.75, 3.05) is 13.2 Å². The minimum absolute atomic E-state index is 0.181. The molecule has 4 rings (SSSR count). The van der Waals surface area contributed by atoms with Crippen LogP contribution in [0.25, 0.3) is 10.4 Å². The number of ether oxygens (including phenoxy) is 4. The standard InChI is InChI=1S/C34H37N3O5/c35-37-36-31(21-38)33(41-24-29-17-9-3-10-18-29)34(42-25-30-19-11-4-12-20-30)32(40-23-28-15-7-2-8-16-28)26-39-22-27-13-5-1-6-14-27/h1-20,31-34,38H,21-26H2/t31-,32-,33+,34-/m1/s1. The van der Waals surface area contributed by atoms with Crippen molar-refractivity contribution in [2.45, 2.75) is 50.8 Å². The normalized spacial score (nSPS) is 13.9. The van der Waals surface area contributed by atoms with Crippen LogP contribution in [0.3, 0.4) is 0 Å². The lowest BCUT2D eigenvalue weighted by atomic mass is 10.0. The minimum Gasteiger partial charge on any atom is -0.396 e. The average Bonchev–Trinajstić information content (AvgIpc) is 3.05. The second kappa shape index (κ2) is 17.7. The van der Waals surface area contributed by atoms with E-state index in [-0.39, 0.29) is 19.8 Å². The SMILES string of the molecule is [N-]=[N+]=N[C@H](CO)[C@H](OCc1ccccc1)[C@H](OCc1ccccc1)[C@@H](COCc1ccccc1)OCc1ccccc1. The van der Waals surface area contributed by atoms with E-state index in [1.54, 1.807) is 0 Å². The number of aliphatic hydroxyl groups excluding tert-OH is 1. The molecule has 0 radical (unpaired) electrons. The van der Waals surface area contributed by atoms with E-state index in [9.17, 15) is 10.6 Å². The van der Waals surface area contributed by atoms with Gasteiger partial charge < -0.3 is 24.1 Å². The van der Waals surface area contributed by atoms with Crippen molar-refractivity contribution in [3.63, 3.8) is 0 Å². The molecule has 0 aliphatic rings. The summed E-state index contributed by atoms with van der Waals surface area (Å²) in [5, 5.41) is 14.2. The van der Waals surface area contributed by atoms with Gasteiger partial charge in [-0.2, -0.15) is 0 Å². The van der Waals surface area contributed by atoms with Crippen molar-refractivity contribution >= 4 is 0 Å². The number of benzene rings is 4. The largest absolute Gasteiger partial charge is 0.396 e. The van der Waals surface area contributed by atoms with Crippen LogP contribution in [-0.2, 0) is 45.4 Å². The summed E-state index contributed by atoms with van der Waals surface area (Å²) in [5.41, 5.74) is 13.3. The number of hydrogen-bond donors (Lipinski definition) is 1. The molecule has 0 aromatic heterocycles. The zero-order chi connectivity index (χ0) is 29.2. The van der Waals surface area contributed by atoms with Gasteiger partial charge in [0, 0.05) is 4.91 Å². The molecule has 218 valence electrons. The smallest absolute Gasteiger partial charge is 0.113 e. The Balaban J connectivity index is 1.63. The maximum atomic E-state index is 10.3. The van der Waals surface area contributed by atoms with Crippen LogP contribution in [0.4, 0.5) is 0 Å². The topological polar surface area (TPSA) is 106 Å². The molecule has 0 saturated heterocycles. The van der Waals surface area contributed by atoms with Gasteiger partial charge in [0.25, 0.3) is 0 Å². The molecule has 4 atom stereocenters. The number of nitrogens with zero attached hydrogens (tertiary/aromatic N) is 3. The molecule has 0 amide bonds. The summed E-state index contributed by atoms with van der Waals surface area (Å²) in [6, 6.07) is 38.3. The highest BCUT2D eigenvalue weighted by atomic mass is 16.6. The van der Waals surface area contributed by atoms with Crippen LogP contribution in [0.1, 0.15) is 22.3 Å². The Hall–Kier alpha value is -4.01. The molecular weight excluding hydrogens is 530 g/mol. The van der Waals surface area contributed by atoms with E-state index in [1.807, 2.05) is 121 Å². The van der Waals surface area contributed by atoms with Crippen LogP contribution in [0.5, 0.6) is 0 Å². The van der Waals surface area contributed by atoms with Crippen LogP contribution in [-0.4, -0.2) is 42.7 Å². The third-order valence-corrected chi connectivity index (χ3v) is 6.73. The Morgan fingerprint density at radius 3 is 1.40 bits per heavy atom. The molecule has 8 heteroatoms. The van der Waals surface area contributed by atoms with Crippen LogP contribution < -0.4 is 0 Å². The van der Waals surface area contributed by atoms with Gasteiger partial charge in [0.05, 0.1) is 51.8 Å². The van der Waals surface area contributed by atoms with Crippen LogP contribution >= 0.6 is 0 Å². The molecule has 0 unspecified atom stereocenters. The van der Waals surface area contributed by atoms with E-state index in [0.717, 1.165) is 22.3 Å². The molecular formula is C34H37N3O5. The Kier molecular flexibility index (Phi) is 13.1. The van der Waals surface area contributed by atoms with E-state index in [2.05, 4.69) is 10.0 Å².